The molecule has 0 aliphatic rings. The van der Waals surface area contributed by atoms with E-state index < -0.39 is 0 Å². The van der Waals surface area contributed by atoms with Crippen LogP contribution in [0, 0.1) is 11.6 Å². The number of nitrogens with two attached hydrogens (primary N) is 1. The molecule has 3 heteroatoms. The van der Waals surface area contributed by atoms with E-state index in [1.54, 1.807) is 18.3 Å². The molecule has 45 valence electrons. The van der Waals surface area contributed by atoms with Crippen molar-refractivity contribution in [2.75, 3.05) is 0 Å². The van der Waals surface area contributed by atoms with E-state index in [1.807, 2.05) is 0 Å². The zero-order valence-electron chi connectivity index (χ0n) is 4.76. The Balaban J connectivity index is 2.98. The molecule has 9 heavy (non-hydrogen) atoms. The van der Waals surface area contributed by atoms with Crippen molar-refractivity contribution < 1.29 is 0 Å². The van der Waals surface area contributed by atoms with Crippen LogP contribution >= 0.6 is 0 Å². The summed E-state index contributed by atoms with van der Waals surface area (Å²) in [5, 5.41) is 6.94. The Labute approximate surface area is 53.0 Å². The molecule has 1 heterocycles. The number of aromatic nitrogens is 1. The van der Waals surface area contributed by atoms with Gasteiger partial charge in [0.05, 0.1) is 0 Å². The van der Waals surface area contributed by atoms with Crippen LogP contribution in [0.15, 0.2) is 18.3 Å². The molecular formula is C6H6N3. The van der Waals surface area contributed by atoms with Crippen LogP contribution in [0.5, 0.6) is 0 Å². The van der Waals surface area contributed by atoms with Gasteiger partial charge in [0.1, 0.15) is 12.0 Å². The molecule has 0 unspecified atom stereocenters. The maximum Gasteiger partial charge on any atom is 0.125 e. The van der Waals surface area contributed by atoms with Gasteiger partial charge in [-0.05, 0) is 12.1 Å². The van der Waals surface area contributed by atoms with Crippen LogP contribution in [0.3, 0.4) is 0 Å². The Kier molecular flexibility index (Phi) is 1.44. The van der Waals surface area contributed by atoms with Crippen LogP contribution in [-0.2, 0) is 0 Å². The van der Waals surface area contributed by atoms with Gasteiger partial charge < -0.3 is 5.73 Å². The molecular weight excluding hydrogens is 114 g/mol. The minimum Gasteiger partial charge on any atom is -0.384 e. The van der Waals surface area contributed by atoms with E-state index in [1.165, 1.54) is 0 Å². The minimum absolute atomic E-state index is 0.00287. The Hall–Kier alpha value is -1.38. The maximum absolute atomic E-state index is 6.94. The average molecular weight is 120 g/mol. The summed E-state index contributed by atoms with van der Waals surface area (Å²) >= 11 is 0. The molecule has 1 aromatic heterocycles. The average Bonchev–Trinajstić information content (AvgIpc) is 1.90. The Morgan fingerprint density at radius 3 is 2.89 bits per heavy atom. The number of hydrogen-bond donors (Lipinski definition) is 2. The van der Waals surface area contributed by atoms with Crippen molar-refractivity contribution in [2.24, 2.45) is 5.73 Å². The summed E-state index contributed by atoms with van der Waals surface area (Å²) in [5.74, 6) is 0.00287. The van der Waals surface area contributed by atoms with Gasteiger partial charge in [-0.3, -0.25) is 10.4 Å². The number of nitrogens with one attached hydrogen (secondary N) is 1. The fourth-order valence-corrected chi connectivity index (χ4v) is 0.476. The predicted octanol–water partition coefficient (Wildman–Crippen LogP) is 0.166. The van der Waals surface area contributed by atoms with Crippen molar-refractivity contribution in [3.8, 4) is 0 Å². The third-order valence-corrected chi connectivity index (χ3v) is 0.899. The molecule has 0 amide bonds. The molecule has 0 bridgehead atoms. The first-order chi connectivity index (χ1) is 4.30. The quantitative estimate of drug-likeness (QED) is 0.409. The van der Waals surface area contributed by atoms with E-state index in [4.69, 9.17) is 11.1 Å². The van der Waals surface area contributed by atoms with Crippen LogP contribution in [0.2, 0.25) is 0 Å². The SMILES string of the molecule is N=C(N)c1[c]nccc1. The Morgan fingerprint density at radius 1 is 1.78 bits per heavy atom. The highest BCUT2D eigenvalue weighted by atomic mass is 14.7. The summed E-state index contributed by atoms with van der Waals surface area (Å²) in [5.41, 5.74) is 5.67. The summed E-state index contributed by atoms with van der Waals surface area (Å²) in [6.07, 6.45) is 4.16. The van der Waals surface area contributed by atoms with Crippen molar-refractivity contribution in [2.45, 2.75) is 0 Å². The largest absolute Gasteiger partial charge is 0.384 e. The lowest BCUT2D eigenvalue weighted by Gasteiger charge is -1.91. The molecule has 0 atom stereocenters. The number of nitrogen functional groups attached to an aromatic ring is 1. The molecule has 0 saturated carbocycles. The van der Waals surface area contributed by atoms with E-state index in [-0.39, 0.29) is 5.84 Å². The third-order valence-electron chi connectivity index (χ3n) is 0.899. The lowest BCUT2D eigenvalue weighted by atomic mass is 10.3. The van der Waals surface area contributed by atoms with Crippen molar-refractivity contribution in [1.29, 1.82) is 5.41 Å². The fraction of sp³-hybridized carbons (Fsp3) is 0. The number of nitrogens with zero attached hydrogens (tertiary/aromatic N) is 1. The highest BCUT2D eigenvalue weighted by molar-refractivity contribution is 5.94. The van der Waals surface area contributed by atoms with Crippen LogP contribution < -0.4 is 5.73 Å². The lowest BCUT2D eigenvalue weighted by molar-refractivity contribution is 1.28. The summed E-state index contributed by atoms with van der Waals surface area (Å²) in [4.78, 5) is 3.66. The molecule has 1 rings (SSSR count). The number of rotatable bonds is 1. The van der Waals surface area contributed by atoms with Gasteiger partial charge in [-0.25, -0.2) is 0 Å². The normalized spacial score (nSPS) is 8.89. The number of pyridine rings is 1. The maximum atomic E-state index is 6.94. The Morgan fingerprint density at radius 2 is 2.56 bits per heavy atom. The smallest absolute Gasteiger partial charge is 0.125 e. The second-order valence-electron chi connectivity index (χ2n) is 1.58. The summed E-state index contributed by atoms with van der Waals surface area (Å²) in [6.45, 7) is 0. The van der Waals surface area contributed by atoms with Crippen molar-refractivity contribution in [3.05, 3.63) is 30.1 Å². The number of hydrogen-bond acceptors (Lipinski definition) is 2. The van der Waals surface area contributed by atoms with Gasteiger partial charge >= 0.3 is 0 Å². The van der Waals surface area contributed by atoms with Gasteiger partial charge in [-0.1, -0.05) is 0 Å². The standard InChI is InChI=1S/C6H6N3/c7-6(8)5-2-1-3-9-4-5/h1-3H,(H3,7,8). The molecule has 0 fully saturated rings. The third kappa shape index (κ3) is 1.25. The highest BCUT2D eigenvalue weighted by Crippen LogP contribution is 1.90. The molecule has 0 saturated heterocycles. The number of amidine groups is 1. The van der Waals surface area contributed by atoms with E-state index >= 15 is 0 Å². The van der Waals surface area contributed by atoms with E-state index in [9.17, 15) is 0 Å². The molecule has 0 spiro atoms. The molecule has 3 nitrogen and oxygen atoms in total. The zero-order chi connectivity index (χ0) is 6.69. The van der Waals surface area contributed by atoms with Crippen LogP contribution in [0.1, 0.15) is 5.56 Å². The first-order valence-corrected chi connectivity index (χ1v) is 2.48. The summed E-state index contributed by atoms with van der Waals surface area (Å²) in [7, 11) is 0. The summed E-state index contributed by atoms with van der Waals surface area (Å²) in [6, 6.07) is 3.41. The van der Waals surface area contributed by atoms with Gasteiger partial charge in [-0.15, -0.1) is 0 Å². The van der Waals surface area contributed by atoms with E-state index in [0.29, 0.717) is 5.56 Å². The van der Waals surface area contributed by atoms with Gasteiger partial charge in [0.2, 0.25) is 0 Å². The molecule has 1 aromatic rings. The second kappa shape index (κ2) is 2.26. The molecule has 3 N–H and O–H groups in total. The molecule has 0 aromatic carbocycles. The fourth-order valence-electron chi connectivity index (χ4n) is 0.476. The molecule has 0 aliphatic carbocycles. The van der Waals surface area contributed by atoms with Gasteiger partial charge in [0.25, 0.3) is 0 Å². The highest BCUT2D eigenvalue weighted by Gasteiger charge is 1.91. The van der Waals surface area contributed by atoms with E-state index in [2.05, 4.69) is 11.2 Å². The van der Waals surface area contributed by atoms with Crippen LogP contribution in [0.25, 0.3) is 0 Å². The van der Waals surface area contributed by atoms with Crippen molar-refractivity contribution in [3.63, 3.8) is 0 Å². The molecule has 0 aliphatic heterocycles. The Bertz CT molecular complexity index is 205. The van der Waals surface area contributed by atoms with Gasteiger partial charge in [0.15, 0.2) is 0 Å². The van der Waals surface area contributed by atoms with E-state index in [0.717, 1.165) is 0 Å². The predicted molar refractivity (Wildman–Crippen MR) is 34.1 cm³/mol. The molecule has 1 radical (unpaired) electrons. The van der Waals surface area contributed by atoms with Gasteiger partial charge in [0, 0.05) is 11.8 Å². The first kappa shape index (κ1) is 5.75. The van der Waals surface area contributed by atoms with Crippen LogP contribution in [-0.4, -0.2) is 10.8 Å². The lowest BCUT2D eigenvalue weighted by Crippen LogP contribution is -2.10. The monoisotopic (exact) mass is 120 g/mol. The summed E-state index contributed by atoms with van der Waals surface area (Å²) < 4.78 is 0. The van der Waals surface area contributed by atoms with Gasteiger partial charge in [-0.2, -0.15) is 0 Å². The van der Waals surface area contributed by atoms with Crippen molar-refractivity contribution >= 4 is 5.84 Å². The minimum atomic E-state index is 0.00287. The zero-order valence-corrected chi connectivity index (χ0v) is 4.76. The second-order valence-corrected chi connectivity index (χ2v) is 1.58. The van der Waals surface area contributed by atoms with Crippen LogP contribution in [0.4, 0.5) is 0 Å². The van der Waals surface area contributed by atoms with Crippen molar-refractivity contribution in [1.82, 2.24) is 4.98 Å². The topological polar surface area (TPSA) is 62.8 Å². The first-order valence-electron chi connectivity index (χ1n) is 2.48.